The molecular weight excluding hydrogens is 268 g/mol. The fourth-order valence-corrected chi connectivity index (χ4v) is 1.73. The second-order valence-corrected chi connectivity index (χ2v) is 4.29. The number of alkyl halides is 3. The van der Waals surface area contributed by atoms with E-state index in [1.165, 1.54) is 6.08 Å². The molecule has 6 heteroatoms. The molecule has 0 saturated heterocycles. The quantitative estimate of drug-likeness (QED) is 0.712. The minimum absolute atomic E-state index is 0.252. The van der Waals surface area contributed by atoms with Gasteiger partial charge in [-0.1, -0.05) is 29.3 Å². The van der Waals surface area contributed by atoms with Crippen LogP contribution in [0.1, 0.15) is 5.56 Å². The first kappa shape index (κ1) is 12.7. The highest BCUT2D eigenvalue weighted by Crippen LogP contribution is 2.33. The Morgan fingerprint density at radius 3 is 2.13 bits per heavy atom. The molecule has 1 aromatic rings. The van der Waals surface area contributed by atoms with Gasteiger partial charge in [0.1, 0.15) is 0 Å². The molecule has 0 bridgehead atoms. The summed E-state index contributed by atoms with van der Waals surface area (Å²) in [5, 5.41) is 1.55. The molecule has 1 aromatic carbocycles. The Hall–Kier alpha value is -0.320. The van der Waals surface area contributed by atoms with Crippen LogP contribution in [-0.2, 0) is 0 Å². The summed E-state index contributed by atoms with van der Waals surface area (Å²) in [4.78, 5) is 0. The molecule has 82 valence electrons. The van der Waals surface area contributed by atoms with Crippen LogP contribution in [0.3, 0.4) is 0 Å². The van der Waals surface area contributed by atoms with Crippen LogP contribution in [0.4, 0.5) is 13.2 Å². The van der Waals surface area contributed by atoms with Gasteiger partial charge < -0.3 is 0 Å². The smallest absolute Gasteiger partial charge is 0.160 e. The van der Waals surface area contributed by atoms with E-state index in [1.54, 1.807) is 18.2 Å². The van der Waals surface area contributed by atoms with Crippen LogP contribution in [0, 0.1) is 0 Å². The number of hydrogen-bond donors (Lipinski definition) is 0. The number of thioether (sulfide) groups is 1. The second-order valence-electron chi connectivity index (χ2n) is 2.50. The van der Waals surface area contributed by atoms with Crippen LogP contribution < -0.4 is 0 Å². The summed E-state index contributed by atoms with van der Waals surface area (Å²) >= 11 is 11.3. The van der Waals surface area contributed by atoms with Gasteiger partial charge in [-0.3, -0.25) is 0 Å². The van der Waals surface area contributed by atoms with Crippen molar-refractivity contribution in [1.29, 1.82) is 0 Å². The van der Waals surface area contributed by atoms with Crippen LogP contribution in [0.5, 0.6) is 0 Å². The Morgan fingerprint density at radius 1 is 1.13 bits per heavy atom. The molecule has 0 aliphatic heterocycles. The lowest BCUT2D eigenvalue weighted by Crippen LogP contribution is -1.96. The van der Waals surface area contributed by atoms with Crippen molar-refractivity contribution < 1.29 is 13.2 Å². The fourth-order valence-electron chi connectivity index (χ4n) is 0.849. The zero-order chi connectivity index (χ0) is 11.5. The molecule has 0 heterocycles. The largest absolute Gasteiger partial charge is 0.445 e. The van der Waals surface area contributed by atoms with Gasteiger partial charge >= 0.3 is 5.51 Å². The molecule has 0 radical (unpaired) electrons. The first-order valence-corrected chi connectivity index (χ1v) is 5.39. The van der Waals surface area contributed by atoms with Gasteiger partial charge in [-0.2, -0.15) is 13.2 Å². The topological polar surface area (TPSA) is 0 Å². The fraction of sp³-hybridized carbons (Fsp3) is 0.111. The summed E-state index contributed by atoms with van der Waals surface area (Å²) < 4.78 is 35.4. The van der Waals surface area contributed by atoms with Gasteiger partial charge in [-0.15, -0.1) is 0 Å². The van der Waals surface area contributed by atoms with Gasteiger partial charge in [0.2, 0.25) is 0 Å². The molecule has 0 aliphatic carbocycles. The molecular formula is C9H5Cl2F3S. The molecule has 0 fully saturated rings. The van der Waals surface area contributed by atoms with E-state index in [0.29, 0.717) is 15.6 Å². The summed E-state index contributed by atoms with van der Waals surface area (Å²) in [5.74, 6) is 0. The van der Waals surface area contributed by atoms with Crippen LogP contribution in [0.25, 0.3) is 6.08 Å². The zero-order valence-corrected chi connectivity index (χ0v) is 9.51. The highest BCUT2D eigenvalue weighted by atomic mass is 35.5. The highest BCUT2D eigenvalue weighted by Gasteiger charge is 2.26. The number of hydrogen-bond acceptors (Lipinski definition) is 1. The van der Waals surface area contributed by atoms with Crippen molar-refractivity contribution in [2.45, 2.75) is 5.51 Å². The Balaban J connectivity index is 2.81. The number of rotatable bonds is 2. The third-order valence-electron chi connectivity index (χ3n) is 1.44. The standard InChI is InChI=1S/C9H5Cl2F3S/c10-7-2-1-3-8(11)6(7)4-5-15-9(12,13)14/h1-5H/b5-4+. The number of halogens is 5. The van der Waals surface area contributed by atoms with Crippen LogP contribution in [0.15, 0.2) is 23.6 Å². The molecule has 0 aromatic heterocycles. The molecule has 0 aliphatic rings. The summed E-state index contributed by atoms with van der Waals surface area (Å²) in [5.41, 5.74) is -3.90. The Kier molecular flexibility index (Phi) is 4.37. The molecule has 0 N–H and O–H groups in total. The maximum absolute atomic E-state index is 11.8. The van der Waals surface area contributed by atoms with Crippen molar-refractivity contribution in [2.24, 2.45) is 0 Å². The molecule has 0 amide bonds. The summed E-state index contributed by atoms with van der Waals surface area (Å²) in [6.45, 7) is 0. The average Bonchev–Trinajstić information content (AvgIpc) is 2.08. The third-order valence-corrected chi connectivity index (χ3v) is 2.63. The highest BCUT2D eigenvalue weighted by molar-refractivity contribution is 8.03. The summed E-state index contributed by atoms with van der Waals surface area (Å²) in [6.07, 6.45) is 1.24. The molecule has 0 atom stereocenters. The van der Waals surface area contributed by atoms with E-state index in [0.717, 1.165) is 5.41 Å². The predicted molar refractivity (Wildman–Crippen MR) is 59.1 cm³/mol. The van der Waals surface area contributed by atoms with Gasteiger partial charge in [0.25, 0.3) is 0 Å². The van der Waals surface area contributed by atoms with Gasteiger partial charge in [0.15, 0.2) is 0 Å². The van der Waals surface area contributed by atoms with Crippen LogP contribution in [0.2, 0.25) is 10.0 Å². The van der Waals surface area contributed by atoms with Crippen LogP contribution >= 0.6 is 35.0 Å². The lowest BCUT2D eigenvalue weighted by atomic mass is 10.2. The van der Waals surface area contributed by atoms with E-state index >= 15 is 0 Å². The van der Waals surface area contributed by atoms with Crippen molar-refractivity contribution in [3.8, 4) is 0 Å². The molecule has 15 heavy (non-hydrogen) atoms. The summed E-state index contributed by atoms with van der Waals surface area (Å²) in [6, 6.07) is 4.75. The van der Waals surface area contributed by atoms with Crippen molar-refractivity contribution in [1.82, 2.24) is 0 Å². The Labute approximate surface area is 99.1 Å². The lowest BCUT2D eigenvalue weighted by Gasteiger charge is -2.02. The Morgan fingerprint density at radius 2 is 1.67 bits per heavy atom. The van der Waals surface area contributed by atoms with E-state index < -0.39 is 5.51 Å². The molecule has 0 spiro atoms. The molecule has 0 unspecified atom stereocenters. The van der Waals surface area contributed by atoms with Gasteiger partial charge in [-0.05, 0) is 35.4 Å². The van der Waals surface area contributed by atoms with Gasteiger partial charge in [0.05, 0.1) is 0 Å². The first-order valence-electron chi connectivity index (χ1n) is 3.75. The minimum atomic E-state index is -4.29. The van der Waals surface area contributed by atoms with E-state index in [-0.39, 0.29) is 11.8 Å². The van der Waals surface area contributed by atoms with Crippen molar-refractivity contribution in [3.63, 3.8) is 0 Å². The normalized spacial score (nSPS) is 12.3. The maximum Gasteiger partial charge on any atom is 0.445 e. The molecule has 1 rings (SSSR count). The third kappa shape index (κ3) is 4.36. The average molecular weight is 273 g/mol. The Bertz CT molecular complexity index is 354. The van der Waals surface area contributed by atoms with E-state index in [4.69, 9.17) is 23.2 Å². The zero-order valence-electron chi connectivity index (χ0n) is 7.18. The first-order chi connectivity index (χ1) is 6.90. The minimum Gasteiger partial charge on any atom is -0.160 e. The van der Waals surface area contributed by atoms with Gasteiger partial charge in [0, 0.05) is 15.6 Å². The molecule has 0 nitrogen and oxygen atoms in total. The van der Waals surface area contributed by atoms with E-state index in [9.17, 15) is 13.2 Å². The van der Waals surface area contributed by atoms with Crippen molar-refractivity contribution in [3.05, 3.63) is 39.2 Å². The maximum atomic E-state index is 11.8. The lowest BCUT2D eigenvalue weighted by molar-refractivity contribution is -0.0319. The molecule has 0 saturated carbocycles. The van der Waals surface area contributed by atoms with E-state index in [2.05, 4.69) is 0 Å². The second kappa shape index (κ2) is 5.14. The SMILES string of the molecule is FC(F)(F)S/C=C/c1c(Cl)cccc1Cl. The predicted octanol–water partition coefficient (Wildman–Crippen LogP) is 5.22. The van der Waals surface area contributed by atoms with Crippen molar-refractivity contribution in [2.75, 3.05) is 0 Å². The summed E-state index contributed by atoms with van der Waals surface area (Å²) in [7, 11) is 0. The van der Waals surface area contributed by atoms with Gasteiger partial charge in [-0.25, -0.2) is 0 Å². The van der Waals surface area contributed by atoms with Crippen molar-refractivity contribution >= 4 is 41.0 Å². The monoisotopic (exact) mass is 272 g/mol. The van der Waals surface area contributed by atoms with E-state index in [1.807, 2.05) is 0 Å². The van der Waals surface area contributed by atoms with Crippen LogP contribution in [-0.4, -0.2) is 5.51 Å². The number of benzene rings is 1.